The predicted molar refractivity (Wildman–Crippen MR) is 115 cm³/mol. The smallest absolute Gasteiger partial charge is 0.336 e. The highest BCUT2D eigenvalue weighted by atomic mass is 19.1. The molecule has 0 unspecified atom stereocenters. The van der Waals surface area contributed by atoms with Crippen LogP contribution in [0.2, 0.25) is 0 Å². The van der Waals surface area contributed by atoms with Gasteiger partial charge in [-0.05, 0) is 25.1 Å². The van der Waals surface area contributed by atoms with Gasteiger partial charge in [0.1, 0.15) is 24.3 Å². The Balaban J connectivity index is 1.82. The Labute approximate surface area is 180 Å². The Morgan fingerprint density at radius 3 is 2.87 bits per heavy atom. The molecule has 0 aliphatic rings. The Morgan fingerprint density at radius 1 is 1.32 bits per heavy atom. The van der Waals surface area contributed by atoms with Crippen LogP contribution < -0.4 is 20.5 Å². The third-order valence-corrected chi connectivity index (χ3v) is 4.79. The largest absolute Gasteiger partial charge is 0.492 e. The van der Waals surface area contributed by atoms with Crippen LogP contribution in [0.1, 0.15) is 37.4 Å². The average molecular weight is 433 g/mol. The first-order chi connectivity index (χ1) is 15.0. The number of aromatic nitrogens is 4. The number of ether oxygens (including phenoxy) is 2. The van der Waals surface area contributed by atoms with Crippen LogP contribution in [0.5, 0.6) is 11.8 Å². The molecular formula is C21H29FN6O3. The monoisotopic (exact) mass is 432 g/mol. The van der Waals surface area contributed by atoms with Gasteiger partial charge in [0.2, 0.25) is 0 Å². The summed E-state index contributed by atoms with van der Waals surface area (Å²) < 4.78 is 27.5. The SMILES string of the molecule is CCC[C@H](CCO)Oc1nc(N)c2ncc(Cc3ccc(OCCNC)cc3F)n2n1. The van der Waals surface area contributed by atoms with E-state index in [1.807, 2.05) is 14.0 Å². The zero-order valence-electron chi connectivity index (χ0n) is 17.8. The van der Waals surface area contributed by atoms with Crippen molar-refractivity contribution in [3.8, 4) is 11.8 Å². The van der Waals surface area contributed by atoms with Gasteiger partial charge >= 0.3 is 6.01 Å². The molecule has 2 aromatic heterocycles. The summed E-state index contributed by atoms with van der Waals surface area (Å²) in [6, 6.07) is 4.89. The van der Waals surface area contributed by atoms with Gasteiger partial charge in [0.05, 0.1) is 11.9 Å². The van der Waals surface area contributed by atoms with E-state index < -0.39 is 0 Å². The molecule has 1 atom stereocenters. The number of nitrogens with two attached hydrogens (primary N) is 1. The topological polar surface area (TPSA) is 120 Å². The van der Waals surface area contributed by atoms with E-state index in [0.717, 1.165) is 12.8 Å². The first kappa shape index (κ1) is 22.7. The van der Waals surface area contributed by atoms with Crippen molar-refractivity contribution in [3.63, 3.8) is 0 Å². The van der Waals surface area contributed by atoms with Crippen molar-refractivity contribution < 1.29 is 19.0 Å². The number of nitrogen functional groups attached to an aromatic ring is 1. The van der Waals surface area contributed by atoms with Crippen molar-refractivity contribution in [3.05, 3.63) is 41.5 Å². The second-order valence-corrected chi connectivity index (χ2v) is 7.19. The van der Waals surface area contributed by atoms with E-state index in [1.54, 1.807) is 18.3 Å². The molecule has 2 heterocycles. The lowest BCUT2D eigenvalue weighted by Crippen LogP contribution is -2.20. The number of rotatable bonds is 12. The molecule has 9 nitrogen and oxygen atoms in total. The summed E-state index contributed by atoms with van der Waals surface area (Å²) in [5.74, 6) is 0.272. The van der Waals surface area contributed by atoms with Crippen LogP contribution in [0.3, 0.4) is 0 Å². The average Bonchev–Trinajstić information content (AvgIpc) is 3.14. The molecule has 0 amide bonds. The summed E-state index contributed by atoms with van der Waals surface area (Å²) in [5, 5.41) is 16.6. The number of nitrogens with zero attached hydrogens (tertiary/aromatic N) is 4. The highest BCUT2D eigenvalue weighted by Crippen LogP contribution is 2.22. The molecule has 3 rings (SSSR count). The van der Waals surface area contributed by atoms with E-state index in [9.17, 15) is 9.50 Å². The Kier molecular flexibility index (Phi) is 7.96. The lowest BCUT2D eigenvalue weighted by atomic mass is 10.1. The fourth-order valence-electron chi connectivity index (χ4n) is 3.20. The third-order valence-electron chi connectivity index (χ3n) is 4.79. The number of likely N-dealkylation sites (N-methyl/N-ethyl adjacent to an activating group) is 1. The number of halogens is 1. The molecule has 31 heavy (non-hydrogen) atoms. The summed E-state index contributed by atoms with van der Waals surface area (Å²) in [6.45, 7) is 3.17. The van der Waals surface area contributed by atoms with Crippen molar-refractivity contribution in [2.45, 2.75) is 38.7 Å². The lowest BCUT2D eigenvalue weighted by molar-refractivity contribution is 0.133. The number of imidazole rings is 1. The number of aliphatic hydroxyl groups is 1. The van der Waals surface area contributed by atoms with Crippen LogP contribution in [-0.4, -0.2) is 57.6 Å². The van der Waals surface area contributed by atoms with Crippen LogP contribution in [0, 0.1) is 5.82 Å². The minimum absolute atomic E-state index is 0.00661. The van der Waals surface area contributed by atoms with Crippen molar-refractivity contribution in [2.75, 3.05) is 32.5 Å². The molecule has 0 aliphatic heterocycles. The molecular weight excluding hydrogens is 403 g/mol. The number of anilines is 1. The summed E-state index contributed by atoms with van der Waals surface area (Å²) in [6.07, 6.45) is 3.76. The molecule has 1 aromatic carbocycles. The minimum atomic E-state index is -0.374. The van der Waals surface area contributed by atoms with Crippen molar-refractivity contribution in [2.24, 2.45) is 0 Å². The highest BCUT2D eigenvalue weighted by Gasteiger charge is 2.17. The van der Waals surface area contributed by atoms with Gasteiger partial charge < -0.3 is 25.6 Å². The fraction of sp³-hybridized carbons (Fsp3) is 0.476. The van der Waals surface area contributed by atoms with E-state index in [1.165, 1.54) is 10.6 Å². The number of nitrogens with one attached hydrogen (secondary N) is 1. The number of aliphatic hydroxyl groups excluding tert-OH is 1. The maximum atomic E-state index is 14.6. The van der Waals surface area contributed by atoms with Crippen LogP contribution >= 0.6 is 0 Å². The maximum absolute atomic E-state index is 14.6. The zero-order chi connectivity index (χ0) is 22.2. The van der Waals surface area contributed by atoms with Crippen molar-refractivity contribution in [1.29, 1.82) is 0 Å². The standard InChI is InChI=1S/C21H29FN6O3/c1-3-4-16(7-9-29)31-21-26-19(23)20-25-13-15(28(20)27-21)11-14-5-6-17(12-18(14)22)30-10-8-24-2/h5-6,12-13,16,24,29H,3-4,7-11H2,1-2H3,(H2,23,26,27)/t16-/m1/s1. The summed E-state index contributed by atoms with van der Waals surface area (Å²) in [4.78, 5) is 8.44. The molecule has 0 radical (unpaired) electrons. The van der Waals surface area contributed by atoms with Crippen molar-refractivity contribution >= 4 is 11.5 Å². The zero-order valence-corrected chi connectivity index (χ0v) is 17.8. The van der Waals surface area contributed by atoms with Crippen molar-refractivity contribution in [1.82, 2.24) is 24.9 Å². The van der Waals surface area contributed by atoms with Gasteiger partial charge in [0, 0.05) is 32.1 Å². The lowest BCUT2D eigenvalue weighted by Gasteiger charge is -2.16. The molecule has 0 saturated heterocycles. The number of hydrogen-bond acceptors (Lipinski definition) is 8. The number of hydrogen-bond donors (Lipinski definition) is 3. The molecule has 4 N–H and O–H groups in total. The van der Waals surface area contributed by atoms with E-state index in [0.29, 0.717) is 42.2 Å². The number of fused-ring (bicyclic) bond motifs is 1. The van der Waals surface area contributed by atoms with Gasteiger partial charge in [0.15, 0.2) is 11.5 Å². The maximum Gasteiger partial charge on any atom is 0.336 e. The predicted octanol–water partition coefficient (Wildman–Crippen LogP) is 1.96. The molecule has 0 bridgehead atoms. The molecule has 10 heteroatoms. The van der Waals surface area contributed by atoms with E-state index in [-0.39, 0.29) is 36.8 Å². The minimum Gasteiger partial charge on any atom is -0.492 e. The second kappa shape index (κ2) is 10.9. The van der Waals surface area contributed by atoms with Crippen LogP contribution in [0.25, 0.3) is 5.65 Å². The second-order valence-electron chi connectivity index (χ2n) is 7.19. The summed E-state index contributed by atoms with van der Waals surface area (Å²) >= 11 is 0. The third kappa shape index (κ3) is 5.80. The van der Waals surface area contributed by atoms with Gasteiger partial charge in [-0.3, -0.25) is 0 Å². The van der Waals surface area contributed by atoms with Crippen LogP contribution in [0.4, 0.5) is 10.2 Å². The molecule has 3 aromatic rings. The fourth-order valence-corrected chi connectivity index (χ4v) is 3.20. The Hall–Kier alpha value is -2.98. The summed E-state index contributed by atoms with van der Waals surface area (Å²) in [7, 11) is 1.83. The molecule has 0 saturated carbocycles. The van der Waals surface area contributed by atoms with Gasteiger partial charge in [-0.15, -0.1) is 5.10 Å². The van der Waals surface area contributed by atoms with Crippen LogP contribution in [-0.2, 0) is 6.42 Å². The van der Waals surface area contributed by atoms with Gasteiger partial charge in [-0.1, -0.05) is 19.4 Å². The molecule has 0 fully saturated rings. The number of benzene rings is 1. The van der Waals surface area contributed by atoms with E-state index in [2.05, 4.69) is 20.4 Å². The van der Waals surface area contributed by atoms with Crippen LogP contribution in [0.15, 0.2) is 24.4 Å². The molecule has 0 aliphatic carbocycles. The Morgan fingerprint density at radius 2 is 2.16 bits per heavy atom. The first-order valence-electron chi connectivity index (χ1n) is 10.4. The van der Waals surface area contributed by atoms with Gasteiger partial charge in [-0.2, -0.15) is 4.98 Å². The molecule has 168 valence electrons. The highest BCUT2D eigenvalue weighted by molar-refractivity contribution is 5.59. The van der Waals surface area contributed by atoms with Gasteiger partial charge in [-0.25, -0.2) is 13.9 Å². The van der Waals surface area contributed by atoms with Gasteiger partial charge in [0.25, 0.3) is 0 Å². The van der Waals surface area contributed by atoms with E-state index >= 15 is 0 Å². The molecule has 0 spiro atoms. The summed E-state index contributed by atoms with van der Waals surface area (Å²) in [5.41, 5.74) is 7.54. The quantitative estimate of drug-likeness (QED) is 0.372. The Bertz CT molecular complexity index is 991. The van der Waals surface area contributed by atoms with E-state index in [4.69, 9.17) is 15.2 Å². The normalized spacial score (nSPS) is 12.3. The first-order valence-corrected chi connectivity index (χ1v) is 10.4.